The second-order valence-electron chi connectivity index (χ2n) is 5.86. The Morgan fingerprint density at radius 3 is 2.36 bits per heavy atom. The highest BCUT2D eigenvalue weighted by atomic mass is 16.5. The number of benzene rings is 2. The topological polar surface area (TPSA) is 56.1 Å². The molecule has 0 aliphatic rings. The Hall–Kier alpha value is -2.92. The third-order valence-corrected chi connectivity index (χ3v) is 3.93. The smallest absolute Gasteiger partial charge is 0.251 e. The quantitative estimate of drug-likeness (QED) is 0.722. The third-order valence-electron chi connectivity index (χ3n) is 3.93. The second-order valence-corrected chi connectivity index (χ2v) is 5.86. The van der Waals surface area contributed by atoms with Crippen LogP contribution >= 0.6 is 0 Å². The van der Waals surface area contributed by atoms with Gasteiger partial charge in [-0.2, -0.15) is 0 Å². The highest BCUT2D eigenvalue weighted by Gasteiger charge is 2.05. The van der Waals surface area contributed by atoms with Gasteiger partial charge in [-0.1, -0.05) is 36.4 Å². The van der Waals surface area contributed by atoms with Crippen LogP contribution < -0.4 is 5.32 Å². The third kappa shape index (κ3) is 4.78. The van der Waals surface area contributed by atoms with Gasteiger partial charge in [0.05, 0.1) is 12.9 Å². The van der Waals surface area contributed by atoms with Crippen LogP contribution in [0.3, 0.4) is 0 Å². The summed E-state index contributed by atoms with van der Waals surface area (Å²) in [4.78, 5) is 16.3. The van der Waals surface area contributed by atoms with Gasteiger partial charge in [-0.25, -0.2) is 4.98 Å². The molecule has 25 heavy (non-hydrogen) atoms. The lowest BCUT2D eigenvalue weighted by atomic mass is 10.1. The molecule has 2 aromatic carbocycles. The Morgan fingerprint density at radius 1 is 1.04 bits per heavy atom. The van der Waals surface area contributed by atoms with E-state index < -0.39 is 0 Å². The Morgan fingerprint density at radius 2 is 1.72 bits per heavy atom. The van der Waals surface area contributed by atoms with E-state index in [-0.39, 0.29) is 5.91 Å². The molecule has 128 valence electrons. The lowest BCUT2D eigenvalue weighted by molar-refractivity contribution is 0.0951. The molecule has 1 N–H and O–H groups in total. The molecule has 0 radical (unpaired) electrons. The molecule has 1 aromatic heterocycles. The number of hydrogen-bond acceptors (Lipinski definition) is 3. The number of nitrogens with zero attached hydrogens (tertiary/aromatic N) is 2. The fraction of sp³-hybridized carbons (Fsp3) is 0.200. The van der Waals surface area contributed by atoms with E-state index in [1.165, 1.54) is 5.56 Å². The molecule has 0 atom stereocenters. The number of hydrogen-bond donors (Lipinski definition) is 1. The Kier molecular flexibility index (Phi) is 5.59. The maximum absolute atomic E-state index is 12.2. The van der Waals surface area contributed by atoms with Crippen molar-refractivity contribution in [2.45, 2.75) is 19.7 Å². The molecule has 0 saturated carbocycles. The van der Waals surface area contributed by atoms with Crippen LogP contribution in [0.2, 0.25) is 0 Å². The molecule has 0 unspecified atom stereocenters. The summed E-state index contributed by atoms with van der Waals surface area (Å²) >= 11 is 0. The highest BCUT2D eigenvalue weighted by Crippen LogP contribution is 2.08. The van der Waals surface area contributed by atoms with Crippen molar-refractivity contribution < 1.29 is 9.53 Å². The molecular formula is C20H21N3O2. The molecule has 1 heterocycles. The molecule has 5 nitrogen and oxygen atoms in total. The van der Waals surface area contributed by atoms with Gasteiger partial charge in [0, 0.05) is 38.2 Å². The van der Waals surface area contributed by atoms with E-state index in [0.717, 1.165) is 17.7 Å². The van der Waals surface area contributed by atoms with Crippen molar-refractivity contribution in [1.82, 2.24) is 14.9 Å². The molecule has 0 spiro atoms. The zero-order chi connectivity index (χ0) is 17.5. The van der Waals surface area contributed by atoms with Crippen molar-refractivity contribution in [3.05, 3.63) is 89.5 Å². The molecule has 0 fully saturated rings. The monoisotopic (exact) mass is 335 g/mol. The second kappa shape index (κ2) is 8.26. The Balaban J connectivity index is 1.53. The van der Waals surface area contributed by atoms with Crippen molar-refractivity contribution in [2.75, 3.05) is 7.11 Å². The van der Waals surface area contributed by atoms with E-state index in [9.17, 15) is 4.79 Å². The largest absolute Gasteiger partial charge is 0.380 e. The number of nitrogens with one attached hydrogen (secondary N) is 1. The number of carbonyl (C=O) groups is 1. The summed E-state index contributed by atoms with van der Waals surface area (Å²) in [5.74, 6) is -0.0774. The predicted octanol–water partition coefficient (Wildman–Crippen LogP) is 3.01. The lowest BCUT2D eigenvalue weighted by Gasteiger charge is -2.08. The van der Waals surface area contributed by atoms with Crippen LogP contribution in [0.1, 0.15) is 27.0 Å². The van der Waals surface area contributed by atoms with E-state index in [0.29, 0.717) is 18.7 Å². The first-order valence-electron chi connectivity index (χ1n) is 8.14. The van der Waals surface area contributed by atoms with Gasteiger partial charge in [0.25, 0.3) is 5.91 Å². The minimum absolute atomic E-state index is 0.0774. The summed E-state index contributed by atoms with van der Waals surface area (Å²) in [6.45, 7) is 1.85. The van der Waals surface area contributed by atoms with E-state index in [1.54, 1.807) is 19.6 Å². The number of methoxy groups -OCH3 is 1. The Labute approximate surface area is 147 Å². The fourth-order valence-corrected chi connectivity index (χ4v) is 2.56. The predicted molar refractivity (Wildman–Crippen MR) is 96.1 cm³/mol. The minimum Gasteiger partial charge on any atom is -0.380 e. The highest BCUT2D eigenvalue weighted by molar-refractivity contribution is 5.94. The van der Waals surface area contributed by atoms with Crippen LogP contribution in [0.15, 0.2) is 67.3 Å². The molecule has 3 aromatic rings. The van der Waals surface area contributed by atoms with Gasteiger partial charge in [-0.05, 0) is 28.8 Å². The summed E-state index contributed by atoms with van der Waals surface area (Å²) in [7, 11) is 1.65. The average molecular weight is 335 g/mol. The van der Waals surface area contributed by atoms with Crippen molar-refractivity contribution in [3.8, 4) is 0 Å². The van der Waals surface area contributed by atoms with Crippen molar-refractivity contribution in [3.63, 3.8) is 0 Å². The van der Waals surface area contributed by atoms with E-state index in [2.05, 4.69) is 22.4 Å². The zero-order valence-corrected chi connectivity index (χ0v) is 14.2. The summed E-state index contributed by atoms with van der Waals surface area (Å²) in [5, 5.41) is 2.95. The average Bonchev–Trinajstić information content (AvgIpc) is 3.15. The van der Waals surface area contributed by atoms with Crippen molar-refractivity contribution in [1.29, 1.82) is 0 Å². The lowest BCUT2D eigenvalue weighted by Crippen LogP contribution is -2.22. The van der Waals surface area contributed by atoms with E-state index >= 15 is 0 Å². The Bertz CT molecular complexity index is 794. The van der Waals surface area contributed by atoms with E-state index in [1.807, 2.05) is 47.2 Å². The van der Waals surface area contributed by atoms with Crippen LogP contribution in [0, 0.1) is 0 Å². The van der Waals surface area contributed by atoms with Crippen LogP contribution in [-0.4, -0.2) is 22.6 Å². The molecule has 5 heteroatoms. The van der Waals surface area contributed by atoms with Gasteiger partial charge in [0.1, 0.15) is 0 Å². The van der Waals surface area contributed by atoms with Crippen molar-refractivity contribution in [2.24, 2.45) is 0 Å². The van der Waals surface area contributed by atoms with Gasteiger partial charge in [0.15, 0.2) is 0 Å². The number of carbonyl (C=O) groups excluding carboxylic acids is 1. The van der Waals surface area contributed by atoms with Crippen LogP contribution in [0.5, 0.6) is 0 Å². The summed E-state index contributed by atoms with van der Waals surface area (Å²) in [6.07, 6.45) is 5.50. The minimum atomic E-state index is -0.0774. The molecule has 0 aliphatic carbocycles. The van der Waals surface area contributed by atoms with Gasteiger partial charge >= 0.3 is 0 Å². The number of rotatable bonds is 7. The molecule has 0 saturated heterocycles. The molecule has 1 amide bonds. The number of ether oxygens (including phenoxy) is 1. The standard InChI is InChI=1S/C20H21N3O2/c1-25-14-18-6-8-19(9-7-18)20(24)22-12-16-2-4-17(5-3-16)13-23-11-10-21-15-23/h2-11,15H,12-14H2,1H3,(H,22,24). The molecule has 3 rings (SSSR count). The normalized spacial score (nSPS) is 10.6. The first kappa shape index (κ1) is 16.9. The molecule has 0 aliphatic heterocycles. The molecular weight excluding hydrogens is 314 g/mol. The van der Waals surface area contributed by atoms with Gasteiger partial charge in [0.2, 0.25) is 0 Å². The van der Waals surface area contributed by atoms with Gasteiger partial charge in [-0.15, -0.1) is 0 Å². The molecule has 0 bridgehead atoms. The maximum Gasteiger partial charge on any atom is 0.251 e. The summed E-state index contributed by atoms with van der Waals surface area (Å²) in [5.41, 5.74) is 3.96. The fourth-order valence-electron chi connectivity index (χ4n) is 2.56. The summed E-state index contributed by atoms with van der Waals surface area (Å²) < 4.78 is 7.09. The first-order chi connectivity index (χ1) is 12.2. The number of imidazole rings is 1. The number of amides is 1. The van der Waals surface area contributed by atoms with Crippen LogP contribution in [0.25, 0.3) is 0 Å². The van der Waals surface area contributed by atoms with Crippen LogP contribution in [0.4, 0.5) is 0 Å². The van der Waals surface area contributed by atoms with Crippen molar-refractivity contribution >= 4 is 5.91 Å². The SMILES string of the molecule is COCc1ccc(C(=O)NCc2ccc(Cn3ccnc3)cc2)cc1. The van der Waals surface area contributed by atoms with Crippen LogP contribution in [-0.2, 0) is 24.4 Å². The summed E-state index contributed by atoms with van der Waals surface area (Å²) in [6, 6.07) is 15.7. The van der Waals surface area contributed by atoms with Gasteiger partial charge in [-0.3, -0.25) is 4.79 Å². The van der Waals surface area contributed by atoms with E-state index in [4.69, 9.17) is 4.74 Å². The first-order valence-corrected chi connectivity index (χ1v) is 8.14. The number of aromatic nitrogens is 2. The zero-order valence-electron chi connectivity index (χ0n) is 14.2. The van der Waals surface area contributed by atoms with Gasteiger partial charge < -0.3 is 14.6 Å². The maximum atomic E-state index is 12.2.